The molecule has 4 rings (SSSR count). The van der Waals surface area contributed by atoms with Gasteiger partial charge in [-0.3, -0.25) is 14.4 Å². The maximum Gasteiger partial charge on any atom is 0.254 e. The summed E-state index contributed by atoms with van der Waals surface area (Å²) in [5.74, 6) is 1.33. The van der Waals surface area contributed by atoms with E-state index in [9.17, 15) is 14.4 Å². The van der Waals surface area contributed by atoms with E-state index >= 15 is 0 Å². The maximum atomic E-state index is 12.7. The van der Waals surface area contributed by atoms with Gasteiger partial charge in [0.1, 0.15) is 22.9 Å². The van der Waals surface area contributed by atoms with Crippen LogP contribution in [0.3, 0.4) is 0 Å². The zero-order valence-corrected chi connectivity index (χ0v) is 20.4. The van der Waals surface area contributed by atoms with Crippen molar-refractivity contribution < 1.29 is 9.21 Å². The second kappa shape index (κ2) is 7.61. The number of anilines is 3. The Hall–Kier alpha value is -3.35. The molecule has 174 valence electrons. The number of fused-ring (bicyclic) bond motifs is 1. The molecule has 0 spiro atoms. The van der Waals surface area contributed by atoms with Crippen molar-refractivity contribution >= 4 is 23.0 Å². The van der Waals surface area contributed by atoms with Gasteiger partial charge >= 0.3 is 0 Å². The summed E-state index contributed by atoms with van der Waals surface area (Å²) < 4.78 is 5.95. The first-order valence-electron chi connectivity index (χ1n) is 11.2. The van der Waals surface area contributed by atoms with Crippen LogP contribution in [0.4, 0.5) is 17.1 Å². The summed E-state index contributed by atoms with van der Waals surface area (Å²) in [6, 6.07) is 3.50. The van der Waals surface area contributed by atoms with Gasteiger partial charge in [-0.1, -0.05) is 26.8 Å². The van der Waals surface area contributed by atoms with E-state index in [0.717, 1.165) is 28.0 Å². The average molecular weight is 450 g/mol. The van der Waals surface area contributed by atoms with Gasteiger partial charge in [-0.05, 0) is 68.4 Å². The normalized spacial score (nSPS) is 16.6. The van der Waals surface area contributed by atoms with E-state index in [1.54, 1.807) is 0 Å². The fourth-order valence-corrected chi connectivity index (χ4v) is 4.68. The molecule has 33 heavy (non-hydrogen) atoms. The fourth-order valence-electron chi connectivity index (χ4n) is 4.68. The van der Waals surface area contributed by atoms with E-state index in [1.807, 2.05) is 67.5 Å². The number of amides is 1. The Morgan fingerprint density at radius 3 is 2.12 bits per heavy atom. The first-order valence-corrected chi connectivity index (χ1v) is 11.2. The van der Waals surface area contributed by atoms with Crippen molar-refractivity contribution in [3.05, 3.63) is 71.9 Å². The van der Waals surface area contributed by atoms with Crippen LogP contribution in [-0.4, -0.2) is 5.91 Å². The molecule has 1 aliphatic heterocycles. The third-order valence-corrected chi connectivity index (χ3v) is 6.56. The van der Waals surface area contributed by atoms with Crippen molar-refractivity contribution in [3.8, 4) is 0 Å². The van der Waals surface area contributed by atoms with Crippen LogP contribution in [0.2, 0.25) is 0 Å². The van der Waals surface area contributed by atoms with E-state index in [4.69, 9.17) is 4.42 Å². The molecule has 0 bridgehead atoms. The van der Waals surface area contributed by atoms with Crippen LogP contribution in [0.1, 0.15) is 83.9 Å². The van der Waals surface area contributed by atoms with Crippen LogP contribution in [0, 0.1) is 33.1 Å². The van der Waals surface area contributed by atoms with Gasteiger partial charge in [-0.2, -0.15) is 0 Å². The van der Waals surface area contributed by atoms with Crippen LogP contribution < -0.4 is 26.8 Å². The molecule has 1 aliphatic rings. The predicted octanol–water partition coefficient (Wildman–Crippen LogP) is 4.86. The van der Waals surface area contributed by atoms with Gasteiger partial charge in [0.15, 0.2) is 0 Å². The van der Waals surface area contributed by atoms with Crippen LogP contribution >= 0.6 is 0 Å². The first kappa shape index (κ1) is 22.8. The van der Waals surface area contributed by atoms with Gasteiger partial charge in [-0.15, -0.1) is 0 Å². The number of benzene rings is 1. The molecule has 3 aromatic rings. The third-order valence-electron chi connectivity index (χ3n) is 6.56. The van der Waals surface area contributed by atoms with Gasteiger partial charge in [0.2, 0.25) is 0 Å². The second-order valence-electron chi connectivity index (χ2n) is 10.2. The lowest BCUT2D eigenvalue weighted by atomic mass is 9.84. The predicted molar refractivity (Wildman–Crippen MR) is 130 cm³/mol. The molecule has 7 heteroatoms. The number of carbonyl (C=O) groups is 1. The number of aryl methyl sites for hydroxylation is 4. The minimum Gasteiger partial charge on any atom is -0.464 e. The SMILES string of the molecule is Cc1cc(C(Nc2c(Nc3c(C)cc(C)c4c3C(=O)N[C@@H]4C)c(=O)c2=O)C(C)(C)C)oc1C. The molecule has 0 fully saturated rings. The Morgan fingerprint density at radius 2 is 1.55 bits per heavy atom. The Morgan fingerprint density at radius 1 is 0.909 bits per heavy atom. The van der Waals surface area contributed by atoms with Gasteiger partial charge in [-0.25, -0.2) is 0 Å². The molecule has 0 saturated heterocycles. The number of hydrogen-bond acceptors (Lipinski definition) is 6. The molecule has 0 saturated carbocycles. The summed E-state index contributed by atoms with van der Waals surface area (Å²) >= 11 is 0. The monoisotopic (exact) mass is 449 g/mol. The van der Waals surface area contributed by atoms with Gasteiger partial charge in [0.25, 0.3) is 16.8 Å². The summed E-state index contributed by atoms with van der Waals surface area (Å²) in [5.41, 5.74) is 3.78. The summed E-state index contributed by atoms with van der Waals surface area (Å²) in [6.07, 6.45) is 0. The number of rotatable bonds is 5. The van der Waals surface area contributed by atoms with E-state index < -0.39 is 10.9 Å². The van der Waals surface area contributed by atoms with Crippen molar-refractivity contribution in [1.29, 1.82) is 0 Å². The van der Waals surface area contributed by atoms with Crippen molar-refractivity contribution in [1.82, 2.24) is 5.32 Å². The van der Waals surface area contributed by atoms with Crippen molar-refractivity contribution in [3.63, 3.8) is 0 Å². The molecule has 2 heterocycles. The minimum absolute atomic E-state index is 0.116. The van der Waals surface area contributed by atoms with Gasteiger partial charge < -0.3 is 20.4 Å². The summed E-state index contributed by atoms with van der Waals surface area (Å²) in [4.78, 5) is 37.9. The summed E-state index contributed by atoms with van der Waals surface area (Å²) in [7, 11) is 0. The fraction of sp³-hybridized carbons (Fsp3) is 0.423. The largest absolute Gasteiger partial charge is 0.464 e. The molecule has 1 unspecified atom stereocenters. The Labute approximate surface area is 193 Å². The first-order chi connectivity index (χ1) is 15.3. The highest BCUT2D eigenvalue weighted by Gasteiger charge is 2.35. The third kappa shape index (κ3) is 3.65. The van der Waals surface area contributed by atoms with Crippen LogP contribution in [0.5, 0.6) is 0 Å². The smallest absolute Gasteiger partial charge is 0.254 e. The molecule has 1 amide bonds. The quantitative estimate of drug-likeness (QED) is 0.481. The maximum absolute atomic E-state index is 12.7. The molecular formula is C26H31N3O4. The number of carbonyl (C=O) groups excluding carboxylic acids is 1. The van der Waals surface area contributed by atoms with E-state index in [1.165, 1.54) is 0 Å². The standard InChI is InChI=1S/C26H31N3O4/c1-11-10-16(33-15(11)5)24(26(6,7)8)29-21-20(22(30)23(21)31)28-19-13(3)9-12(2)17-14(4)27-25(32)18(17)19/h9-10,14,24,28-29H,1-8H3,(H,27,32)/t14-,24?/m1/s1. The topological polar surface area (TPSA) is 100 Å². The Bertz CT molecular complexity index is 1330. The van der Waals surface area contributed by atoms with E-state index in [0.29, 0.717) is 17.0 Å². The molecule has 2 aromatic carbocycles. The highest BCUT2D eigenvalue weighted by atomic mass is 16.3. The molecule has 0 radical (unpaired) electrons. The number of hydrogen-bond donors (Lipinski definition) is 3. The minimum atomic E-state index is -0.600. The van der Waals surface area contributed by atoms with Crippen molar-refractivity contribution in [2.45, 2.75) is 67.5 Å². The lowest BCUT2D eigenvalue weighted by Gasteiger charge is -2.32. The zero-order chi connectivity index (χ0) is 24.4. The number of furan rings is 1. The van der Waals surface area contributed by atoms with Crippen molar-refractivity contribution in [2.75, 3.05) is 10.6 Å². The molecule has 3 N–H and O–H groups in total. The summed E-state index contributed by atoms with van der Waals surface area (Å²) in [5, 5.41) is 9.34. The molecule has 7 nitrogen and oxygen atoms in total. The molecular weight excluding hydrogens is 418 g/mol. The molecule has 0 aliphatic carbocycles. The van der Waals surface area contributed by atoms with Gasteiger partial charge in [0, 0.05) is 0 Å². The molecule has 1 aromatic heterocycles. The lowest BCUT2D eigenvalue weighted by molar-refractivity contribution is 0.0959. The van der Waals surface area contributed by atoms with E-state index in [-0.39, 0.29) is 34.8 Å². The Balaban J connectivity index is 1.76. The lowest BCUT2D eigenvalue weighted by Crippen LogP contribution is -2.39. The highest BCUT2D eigenvalue weighted by molar-refractivity contribution is 6.06. The number of nitrogens with one attached hydrogen (secondary N) is 3. The highest BCUT2D eigenvalue weighted by Crippen LogP contribution is 2.40. The Kier molecular flexibility index (Phi) is 5.26. The van der Waals surface area contributed by atoms with Crippen LogP contribution in [0.25, 0.3) is 0 Å². The zero-order valence-electron chi connectivity index (χ0n) is 20.4. The van der Waals surface area contributed by atoms with Gasteiger partial charge in [0.05, 0.1) is 23.3 Å². The average Bonchev–Trinajstić information content (AvgIpc) is 3.19. The summed E-state index contributed by atoms with van der Waals surface area (Å²) in [6.45, 7) is 15.8. The van der Waals surface area contributed by atoms with E-state index in [2.05, 4.69) is 16.0 Å². The second-order valence-corrected chi connectivity index (χ2v) is 10.2. The van der Waals surface area contributed by atoms with Crippen LogP contribution in [-0.2, 0) is 0 Å². The van der Waals surface area contributed by atoms with Crippen molar-refractivity contribution in [2.24, 2.45) is 5.41 Å². The molecule has 2 atom stereocenters. The van der Waals surface area contributed by atoms with Crippen LogP contribution in [0.15, 0.2) is 26.1 Å².